The minimum Gasteiger partial charge on any atom is -0.309 e. The Kier molecular flexibility index (Phi) is 3.60. The summed E-state index contributed by atoms with van der Waals surface area (Å²) in [5.74, 6) is 0. The highest BCUT2D eigenvalue weighted by Gasteiger charge is 2.21. The molecule has 1 fully saturated rings. The quantitative estimate of drug-likeness (QED) is 0.832. The Hall–Kier alpha value is -0.570. The molecule has 1 aliphatic rings. The van der Waals surface area contributed by atoms with Gasteiger partial charge in [-0.15, -0.1) is 11.3 Å². The lowest BCUT2D eigenvalue weighted by atomic mass is 10.1. The lowest BCUT2D eigenvalue weighted by Crippen LogP contribution is -2.15. The van der Waals surface area contributed by atoms with Crippen molar-refractivity contribution in [1.29, 1.82) is 0 Å². The Morgan fingerprint density at radius 3 is 2.94 bits per heavy atom. The molecule has 2 aromatic rings. The maximum absolute atomic E-state index is 6.13. The maximum Gasteiger partial charge on any atom is 0.0413 e. The monoisotopic (exact) mass is 279 g/mol. The summed E-state index contributed by atoms with van der Waals surface area (Å²) in [6, 6.07) is 7.04. The van der Waals surface area contributed by atoms with Crippen LogP contribution in [0, 0.1) is 0 Å². The van der Waals surface area contributed by atoms with Crippen LogP contribution in [0.5, 0.6) is 0 Å². The van der Waals surface area contributed by atoms with Crippen molar-refractivity contribution in [2.24, 2.45) is 0 Å². The molecule has 0 unspecified atom stereocenters. The molecule has 1 N–H and O–H groups in total. The summed E-state index contributed by atoms with van der Waals surface area (Å²) in [6.45, 7) is 3.27. The van der Waals surface area contributed by atoms with Gasteiger partial charge in [-0.05, 0) is 48.4 Å². The molecule has 0 bridgehead atoms. The van der Waals surface area contributed by atoms with Gasteiger partial charge in [0.2, 0.25) is 0 Å². The molecule has 0 amide bonds. The summed E-state index contributed by atoms with van der Waals surface area (Å²) in [5, 5.41) is 5.83. The Morgan fingerprint density at radius 2 is 2.22 bits per heavy atom. The smallest absolute Gasteiger partial charge is 0.0413 e. The molecule has 1 aromatic carbocycles. The molecule has 1 saturated carbocycles. The highest BCUT2D eigenvalue weighted by Crippen LogP contribution is 2.34. The van der Waals surface area contributed by atoms with Crippen LogP contribution in [0.1, 0.15) is 36.6 Å². The minimum absolute atomic E-state index is 0.772. The van der Waals surface area contributed by atoms with E-state index in [9.17, 15) is 0 Å². The molecular weight excluding hydrogens is 262 g/mol. The Morgan fingerprint density at radius 1 is 1.39 bits per heavy atom. The average molecular weight is 280 g/mol. The summed E-state index contributed by atoms with van der Waals surface area (Å²) in [6.07, 6.45) is 5.04. The Labute approximate surface area is 117 Å². The van der Waals surface area contributed by atoms with E-state index in [1.807, 2.05) is 17.4 Å². The number of benzene rings is 1. The number of hydrogen-bond donors (Lipinski definition) is 1. The number of thiophene rings is 1. The molecule has 0 radical (unpaired) electrons. The van der Waals surface area contributed by atoms with E-state index in [4.69, 9.17) is 11.6 Å². The topological polar surface area (TPSA) is 12.0 Å². The number of halogens is 1. The van der Waals surface area contributed by atoms with E-state index in [0.717, 1.165) is 24.0 Å². The molecular formula is C15H18ClNS. The zero-order valence-electron chi connectivity index (χ0n) is 10.6. The van der Waals surface area contributed by atoms with Crippen molar-refractivity contribution in [1.82, 2.24) is 5.32 Å². The molecule has 0 spiro atoms. The summed E-state index contributed by atoms with van der Waals surface area (Å²) < 4.78 is 1.37. The van der Waals surface area contributed by atoms with Crippen LogP contribution in [0.2, 0.25) is 5.02 Å². The van der Waals surface area contributed by atoms with Crippen LogP contribution in [0.25, 0.3) is 10.1 Å². The van der Waals surface area contributed by atoms with Crippen LogP contribution in [0.4, 0.5) is 0 Å². The van der Waals surface area contributed by atoms with Crippen molar-refractivity contribution in [3.8, 4) is 0 Å². The first-order chi connectivity index (χ1) is 8.78. The highest BCUT2D eigenvalue weighted by atomic mass is 35.5. The van der Waals surface area contributed by atoms with Gasteiger partial charge in [-0.1, -0.05) is 24.9 Å². The van der Waals surface area contributed by atoms with Gasteiger partial charge in [0.1, 0.15) is 0 Å². The van der Waals surface area contributed by atoms with Gasteiger partial charge in [-0.3, -0.25) is 0 Å². The first-order valence-corrected chi connectivity index (χ1v) is 7.90. The lowest BCUT2D eigenvalue weighted by molar-refractivity contribution is 0.690. The van der Waals surface area contributed by atoms with Crippen LogP contribution in [0.15, 0.2) is 18.2 Å². The number of hydrogen-bond acceptors (Lipinski definition) is 2. The van der Waals surface area contributed by atoms with E-state index < -0.39 is 0 Å². The molecule has 1 aliphatic carbocycles. The molecule has 18 heavy (non-hydrogen) atoms. The van der Waals surface area contributed by atoms with Gasteiger partial charge < -0.3 is 5.32 Å². The van der Waals surface area contributed by atoms with Gasteiger partial charge in [0.05, 0.1) is 0 Å². The van der Waals surface area contributed by atoms with Gasteiger partial charge in [0, 0.05) is 27.2 Å². The second-order valence-corrected chi connectivity index (χ2v) is 6.62. The van der Waals surface area contributed by atoms with Gasteiger partial charge in [-0.25, -0.2) is 0 Å². The Balaban J connectivity index is 1.96. The van der Waals surface area contributed by atoms with Gasteiger partial charge >= 0.3 is 0 Å². The molecule has 1 heterocycles. The third kappa shape index (κ3) is 2.56. The van der Waals surface area contributed by atoms with Crippen molar-refractivity contribution in [2.75, 3.05) is 0 Å². The molecule has 3 rings (SSSR count). The molecule has 0 aliphatic heterocycles. The molecule has 96 valence electrons. The largest absolute Gasteiger partial charge is 0.309 e. The normalized spacial score (nSPS) is 15.4. The standard InChI is InChI=1S/C15H18ClNS/c1-2-3-12-13-8-10(16)4-7-14(13)18-15(12)9-17-11-5-6-11/h4,7-8,11,17H,2-3,5-6,9H2,1H3. The van der Waals surface area contributed by atoms with Crippen LogP contribution in [-0.4, -0.2) is 6.04 Å². The molecule has 3 heteroatoms. The van der Waals surface area contributed by atoms with Gasteiger partial charge in [0.25, 0.3) is 0 Å². The van der Waals surface area contributed by atoms with Crippen LogP contribution in [-0.2, 0) is 13.0 Å². The number of aryl methyl sites for hydroxylation is 1. The molecule has 1 aromatic heterocycles. The summed E-state index contributed by atoms with van der Waals surface area (Å²) in [4.78, 5) is 1.50. The van der Waals surface area contributed by atoms with Crippen molar-refractivity contribution < 1.29 is 0 Å². The third-order valence-corrected chi connectivity index (χ3v) is 4.91. The fourth-order valence-electron chi connectivity index (χ4n) is 2.36. The summed E-state index contributed by atoms with van der Waals surface area (Å²) in [7, 11) is 0. The van der Waals surface area contributed by atoms with E-state index in [-0.39, 0.29) is 0 Å². The van der Waals surface area contributed by atoms with E-state index in [0.29, 0.717) is 0 Å². The predicted molar refractivity (Wildman–Crippen MR) is 80.7 cm³/mol. The second-order valence-electron chi connectivity index (χ2n) is 5.05. The first-order valence-electron chi connectivity index (χ1n) is 6.71. The van der Waals surface area contributed by atoms with Gasteiger partial charge in [-0.2, -0.15) is 0 Å². The molecule has 0 saturated heterocycles. The van der Waals surface area contributed by atoms with E-state index in [1.165, 1.54) is 39.8 Å². The van der Waals surface area contributed by atoms with E-state index >= 15 is 0 Å². The SMILES string of the molecule is CCCc1c(CNC2CC2)sc2ccc(Cl)cc12. The van der Waals surface area contributed by atoms with E-state index in [2.05, 4.69) is 24.4 Å². The predicted octanol–water partition coefficient (Wildman–Crippen LogP) is 4.76. The molecule has 0 atom stereocenters. The second kappa shape index (κ2) is 5.20. The highest BCUT2D eigenvalue weighted by molar-refractivity contribution is 7.19. The zero-order chi connectivity index (χ0) is 12.5. The fraction of sp³-hybridized carbons (Fsp3) is 0.467. The minimum atomic E-state index is 0.772. The lowest BCUT2D eigenvalue weighted by Gasteiger charge is -2.04. The van der Waals surface area contributed by atoms with Crippen LogP contribution < -0.4 is 5.32 Å². The molecule has 1 nitrogen and oxygen atoms in total. The Bertz CT molecular complexity index is 557. The summed E-state index contributed by atoms with van der Waals surface area (Å²) in [5.41, 5.74) is 1.51. The van der Waals surface area contributed by atoms with Crippen molar-refractivity contribution >= 4 is 33.0 Å². The first kappa shape index (κ1) is 12.5. The van der Waals surface area contributed by atoms with Crippen molar-refractivity contribution in [2.45, 2.75) is 45.2 Å². The van der Waals surface area contributed by atoms with Crippen molar-refractivity contribution in [3.05, 3.63) is 33.7 Å². The maximum atomic E-state index is 6.13. The van der Waals surface area contributed by atoms with Crippen LogP contribution in [0.3, 0.4) is 0 Å². The number of rotatable bonds is 5. The zero-order valence-corrected chi connectivity index (χ0v) is 12.2. The number of fused-ring (bicyclic) bond motifs is 1. The van der Waals surface area contributed by atoms with Crippen LogP contribution >= 0.6 is 22.9 Å². The summed E-state index contributed by atoms with van der Waals surface area (Å²) >= 11 is 8.05. The average Bonchev–Trinajstić information content (AvgIpc) is 3.13. The third-order valence-electron chi connectivity index (χ3n) is 3.47. The van der Waals surface area contributed by atoms with Gasteiger partial charge in [0.15, 0.2) is 0 Å². The van der Waals surface area contributed by atoms with E-state index in [1.54, 1.807) is 0 Å². The fourth-order valence-corrected chi connectivity index (χ4v) is 3.72. The van der Waals surface area contributed by atoms with Crippen molar-refractivity contribution in [3.63, 3.8) is 0 Å². The number of nitrogens with one attached hydrogen (secondary N) is 1.